The predicted molar refractivity (Wildman–Crippen MR) is 90.7 cm³/mol. The molecule has 6 heteroatoms. The van der Waals surface area contributed by atoms with Gasteiger partial charge < -0.3 is 4.74 Å². The Bertz CT molecular complexity index is 742. The molecule has 22 heavy (non-hydrogen) atoms. The van der Waals surface area contributed by atoms with Gasteiger partial charge in [-0.3, -0.25) is 0 Å². The molecule has 0 unspecified atom stereocenters. The van der Waals surface area contributed by atoms with Gasteiger partial charge in [0.25, 0.3) is 0 Å². The molecule has 0 amide bonds. The van der Waals surface area contributed by atoms with E-state index in [2.05, 4.69) is 20.7 Å². The highest BCUT2D eigenvalue weighted by Gasteiger charge is 2.12. The Labute approximate surface area is 139 Å². The zero-order valence-electron chi connectivity index (χ0n) is 12.5. The molecular formula is C16H18BrNO3S. The molecule has 4 nitrogen and oxygen atoms in total. The van der Waals surface area contributed by atoms with Crippen LogP contribution in [-0.4, -0.2) is 21.6 Å². The Morgan fingerprint density at radius 3 is 2.41 bits per heavy atom. The van der Waals surface area contributed by atoms with Crippen molar-refractivity contribution in [2.24, 2.45) is 0 Å². The van der Waals surface area contributed by atoms with Crippen LogP contribution in [0.3, 0.4) is 0 Å². The van der Waals surface area contributed by atoms with Gasteiger partial charge in [0.05, 0.1) is 4.90 Å². The van der Waals surface area contributed by atoms with Gasteiger partial charge in [-0.25, -0.2) is 13.1 Å². The van der Waals surface area contributed by atoms with Gasteiger partial charge in [-0.05, 0) is 49.7 Å². The number of aryl methyl sites for hydroxylation is 2. The van der Waals surface area contributed by atoms with Crippen molar-refractivity contribution in [3.63, 3.8) is 0 Å². The molecule has 0 aliphatic rings. The van der Waals surface area contributed by atoms with Crippen molar-refractivity contribution < 1.29 is 13.2 Å². The highest BCUT2D eigenvalue weighted by atomic mass is 79.9. The van der Waals surface area contributed by atoms with Crippen molar-refractivity contribution in [3.8, 4) is 5.75 Å². The van der Waals surface area contributed by atoms with Gasteiger partial charge in [0.1, 0.15) is 12.4 Å². The van der Waals surface area contributed by atoms with Gasteiger partial charge in [0.15, 0.2) is 0 Å². The normalized spacial score (nSPS) is 11.4. The van der Waals surface area contributed by atoms with Crippen LogP contribution < -0.4 is 9.46 Å². The van der Waals surface area contributed by atoms with Crippen LogP contribution in [0.25, 0.3) is 0 Å². The summed E-state index contributed by atoms with van der Waals surface area (Å²) in [7, 11) is -3.50. The molecule has 2 aromatic carbocycles. The first-order valence-electron chi connectivity index (χ1n) is 6.84. The van der Waals surface area contributed by atoms with Crippen molar-refractivity contribution in [2.75, 3.05) is 13.2 Å². The zero-order valence-corrected chi connectivity index (χ0v) is 14.9. The van der Waals surface area contributed by atoms with Crippen molar-refractivity contribution in [1.82, 2.24) is 4.72 Å². The summed E-state index contributed by atoms with van der Waals surface area (Å²) >= 11 is 3.28. The largest absolute Gasteiger partial charge is 0.492 e. The van der Waals surface area contributed by atoms with Crippen LogP contribution in [0.5, 0.6) is 5.75 Å². The summed E-state index contributed by atoms with van der Waals surface area (Å²) in [5.41, 5.74) is 2.21. The second-order valence-electron chi connectivity index (χ2n) is 4.97. The maximum Gasteiger partial charge on any atom is 0.240 e. The van der Waals surface area contributed by atoms with E-state index in [9.17, 15) is 8.42 Å². The fraction of sp³-hybridized carbons (Fsp3) is 0.250. The molecule has 0 aromatic heterocycles. The molecule has 1 N–H and O–H groups in total. The molecule has 0 bridgehead atoms. The van der Waals surface area contributed by atoms with E-state index in [4.69, 9.17) is 4.74 Å². The predicted octanol–water partition coefficient (Wildman–Crippen LogP) is 3.42. The van der Waals surface area contributed by atoms with E-state index in [0.717, 1.165) is 15.8 Å². The number of hydrogen-bond acceptors (Lipinski definition) is 3. The molecule has 0 aliphatic heterocycles. The first-order chi connectivity index (χ1) is 10.4. The lowest BCUT2D eigenvalue weighted by molar-refractivity contribution is 0.320. The Kier molecular flexibility index (Phi) is 5.61. The van der Waals surface area contributed by atoms with E-state index >= 15 is 0 Å². The lowest BCUT2D eigenvalue weighted by atomic mass is 10.1. The van der Waals surface area contributed by atoms with Crippen LogP contribution in [0.4, 0.5) is 0 Å². The molecule has 2 rings (SSSR count). The fourth-order valence-electron chi connectivity index (χ4n) is 2.00. The minimum Gasteiger partial charge on any atom is -0.492 e. The van der Waals surface area contributed by atoms with E-state index in [1.807, 2.05) is 32.0 Å². The molecule has 118 valence electrons. The van der Waals surface area contributed by atoms with Crippen LogP contribution in [-0.2, 0) is 10.0 Å². The van der Waals surface area contributed by atoms with Gasteiger partial charge in [0, 0.05) is 11.0 Å². The minimum atomic E-state index is -3.50. The molecule has 0 saturated carbocycles. The second-order valence-corrected chi connectivity index (χ2v) is 7.65. The quantitative estimate of drug-likeness (QED) is 0.777. The minimum absolute atomic E-state index is 0.214. The third-order valence-corrected chi connectivity index (χ3v) is 5.11. The topological polar surface area (TPSA) is 55.4 Å². The summed E-state index contributed by atoms with van der Waals surface area (Å²) in [6, 6.07) is 12.4. The summed E-state index contributed by atoms with van der Waals surface area (Å²) in [6.07, 6.45) is 0. The standard InChI is InChI=1S/C16H18BrNO3S/c1-12-3-8-16(13(2)11-12)21-10-9-18-22(19,20)15-6-4-14(17)5-7-15/h3-8,11,18H,9-10H2,1-2H3. The maximum atomic E-state index is 12.1. The number of halogens is 1. The van der Waals surface area contributed by atoms with Crippen LogP contribution in [0.2, 0.25) is 0 Å². The monoisotopic (exact) mass is 383 g/mol. The van der Waals surface area contributed by atoms with E-state index in [1.165, 1.54) is 5.56 Å². The van der Waals surface area contributed by atoms with E-state index in [0.29, 0.717) is 0 Å². The highest BCUT2D eigenvalue weighted by molar-refractivity contribution is 9.10. The molecule has 0 saturated heterocycles. The van der Waals surface area contributed by atoms with Gasteiger partial charge in [-0.15, -0.1) is 0 Å². The summed E-state index contributed by atoms with van der Waals surface area (Å²) in [4.78, 5) is 0.238. The molecule has 2 aromatic rings. The van der Waals surface area contributed by atoms with Crippen LogP contribution >= 0.6 is 15.9 Å². The average molecular weight is 384 g/mol. The molecule has 0 fully saturated rings. The Hall–Kier alpha value is -1.37. The Morgan fingerprint density at radius 1 is 1.09 bits per heavy atom. The van der Waals surface area contributed by atoms with Crippen LogP contribution in [0, 0.1) is 13.8 Å². The molecule has 0 aliphatic carbocycles. The van der Waals surface area contributed by atoms with Gasteiger partial charge in [-0.1, -0.05) is 33.6 Å². The summed E-state index contributed by atoms with van der Waals surface area (Å²) in [6.45, 7) is 4.48. The third kappa shape index (κ3) is 4.56. The van der Waals surface area contributed by atoms with Crippen molar-refractivity contribution in [3.05, 3.63) is 58.1 Å². The van der Waals surface area contributed by atoms with E-state index < -0.39 is 10.0 Å². The number of nitrogens with one attached hydrogen (secondary N) is 1. The zero-order chi connectivity index (χ0) is 16.2. The Morgan fingerprint density at radius 2 is 1.77 bits per heavy atom. The van der Waals surface area contributed by atoms with E-state index in [-0.39, 0.29) is 18.0 Å². The van der Waals surface area contributed by atoms with Gasteiger partial charge >= 0.3 is 0 Å². The van der Waals surface area contributed by atoms with Crippen LogP contribution in [0.15, 0.2) is 51.8 Å². The maximum absolute atomic E-state index is 12.1. The van der Waals surface area contributed by atoms with E-state index in [1.54, 1.807) is 24.3 Å². The second kappa shape index (κ2) is 7.26. The van der Waals surface area contributed by atoms with Crippen molar-refractivity contribution in [1.29, 1.82) is 0 Å². The Balaban J connectivity index is 1.89. The number of rotatable bonds is 6. The van der Waals surface area contributed by atoms with Gasteiger partial charge in [0.2, 0.25) is 10.0 Å². The van der Waals surface area contributed by atoms with Crippen LogP contribution in [0.1, 0.15) is 11.1 Å². The molecule has 0 radical (unpaired) electrons. The summed E-state index contributed by atoms with van der Waals surface area (Å²) < 4.78 is 33.1. The first-order valence-corrected chi connectivity index (χ1v) is 9.11. The average Bonchev–Trinajstić information content (AvgIpc) is 2.46. The SMILES string of the molecule is Cc1ccc(OCCNS(=O)(=O)c2ccc(Br)cc2)c(C)c1. The highest BCUT2D eigenvalue weighted by Crippen LogP contribution is 2.18. The fourth-order valence-corrected chi connectivity index (χ4v) is 3.27. The number of benzene rings is 2. The third-order valence-electron chi connectivity index (χ3n) is 3.11. The molecular weight excluding hydrogens is 366 g/mol. The molecule has 0 heterocycles. The van der Waals surface area contributed by atoms with Crippen molar-refractivity contribution in [2.45, 2.75) is 18.7 Å². The lowest BCUT2D eigenvalue weighted by Crippen LogP contribution is -2.28. The summed E-state index contributed by atoms with van der Waals surface area (Å²) in [5.74, 6) is 0.772. The summed E-state index contributed by atoms with van der Waals surface area (Å²) in [5, 5.41) is 0. The van der Waals surface area contributed by atoms with Gasteiger partial charge in [-0.2, -0.15) is 0 Å². The molecule has 0 spiro atoms. The first kappa shape index (κ1) is 17.0. The molecule has 0 atom stereocenters. The number of ether oxygens (including phenoxy) is 1. The van der Waals surface area contributed by atoms with Crippen molar-refractivity contribution >= 4 is 26.0 Å². The number of sulfonamides is 1. The lowest BCUT2D eigenvalue weighted by Gasteiger charge is -2.11. The number of hydrogen-bond donors (Lipinski definition) is 1. The smallest absolute Gasteiger partial charge is 0.240 e.